The summed E-state index contributed by atoms with van der Waals surface area (Å²) in [6.07, 6.45) is 0.973. The van der Waals surface area contributed by atoms with E-state index in [1.54, 1.807) is 24.3 Å². The lowest BCUT2D eigenvalue weighted by molar-refractivity contribution is 0.0512. The van der Waals surface area contributed by atoms with Crippen molar-refractivity contribution in [2.75, 3.05) is 13.9 Å². The first kappa shape index (κ1) is 11.3. The lowest BCUT2D eigenvalue weighted by atomic mass is 10.2. The molecule has 0 bridgehead atoms. The number of benzene rings is 1. The highest BCUT2D eigenvalue weighted by Gasteiger charge is 2.04. The molecule has 1 aromatic carbocycles. The Morgan fingerprint density at radius 1 is 1.41 bits per heavy atom. The van der Waals surface area contributed by atoms with Crippen molar-refractivity contribution in [2.24, 2.45) is 0 Å². The van der Waals surface area contributed by atoms with Crippen LogP contribution in [0, 0.1) is 5.41 Å². The zero-order valence-corrected chi connectivity index (χ0v) is 9.23. The molecule has 5 heteroatoms. The molecule has 2 rings (SSSR count). The zero-order valence-electron chi connectivity index (χ0n) is 9.23. The molecular weight excluding hydrogens is 222 g/mol. The van der Waals surface area contributed by atoms with Crippen molar-refractivity contribution in [2.45, 2.75) is 0 Å². The topological polar surface area (TPSA) is 72.5 Å². The summed E-state index contributed by atoms with van der Waals surface area (Å²) in [6, 6.07) is 6.73. The lowest BCUT2D eigenvalue weighted by Crippen LogP contribution is -2.05. The van der Waals surface area contributed by atoms with Crippen molar-refractivity contribution < 1.29 is 13.9 Å². The third kappa shape index (κ3) is 2.34. The molecular formula is C12H11NO4. The maximum absolute atomic E-state index is 11.4. The van der Waals surface area contributed by atoms with Gasteiger partial charge in [-0.1, -0.05) is 0 Å². The van der Waals surface area contributed by atoms with E-state index in [0.29, 0.717) is 11.3 Å². The predicted molar refractivity (Wildman–Crippen MR) is 62.9 cm³/mol. The Bertz CT molecular complexity index is 603. The maximum atomic E-state index is 11.4. The molecule has 0 atom stereocenters. The van der Waals surface area contributed by atoms with Gasteiger partial charge in [0.1, 0.15) is 11.3 Å². The smallest absolute Gasteiger partial charge is 0.345 e. The fourth-order valence-corrected chi connectivity index (χ4v) is 1.42. The van der Waals surface area contributed by atoms with Gasteiger partial charge in [0.05, 0.1) is 5.56 Å². The van der Waals surface area contributed by atoms with Crippen LogP contribution in [-0.2, 0) is 4.74 Å². The monoisotopic (exact) mass is 233 g/mol. The Labute approximate surface area is 97.1 Å². The number of ether oxygens (including phenoxy) is 2. The van der Waals surface area contributed by atoms with Crippen LogP contribution in [0.2, 0.25) is 0 Å². The minimum absolute atomic E-state index is 0.133. The van der Waals surface area contributed by atoms with Gasteiger partial charge in [-0.15, -0.1) is 0 Å². The summed E-state index contributed by atoms with van der Waals surface area (Å²) in [5, 5.41) is 7.81. The summed E-state index contributed by atoms with van der Waals surface area (Å²) in [4.78, 5) is 11.4. The minimum atomic E-state index is -0.531. The third-order valence-corrected chi connectivity index (χ3v) is 2.23. The molecule has 0 saturated carbocycles. The molecule has 17 heavy (non-hydrogen) atoms. The van der Waals surface area contributed by atoms with Crippen LogP contribution in [0.3, 0.4) is 0 Å². The summed E-state index contributed by atoms with van der Waals surface area (Å²) in [6.45, 7) is 0.133. The standard InChI is InChI=1S/C12H11NO4/c1-15-7-16-10-3-2-8-4-9(6-13)12(14)17-11(8)5-10/h2-6,13H,7H2,1H3. The van der Waals surface area contributed by atoms with Gasteiger partial charge in [0.2, 0.25) is 0 Å². The number of nitrogens with one attached hydrogen (secondary N) is 1. The molecule has 0 aliphatic heterocycles. The second-order valence-corrected chi connectivity index (χ2v) is 3.38. The van der Waals surface area contributed by atoms with Gasteiger partial charge >= 0.3 is 5.63 Å². The van der Waals surface area contributed by atoms with Crippen LogP contribution >= 0.6 is 0 Å². The van der Waals surface area contributed by atoms with Gasteiger partial charge in [-0.2, -0.15) is 0 Å². The van der Waals surface area contributed by atoms with Gasteiger partial charge in [0.25, 0.3) is 0 Å². The molecule has 1 heterocycles. The second-order valence-electron chi connectivity index (χ2n) is 3.38. The van der Waals surface area contributed by atoms with Crippen LogP contribution in [0.5, 0.6) is 5.75 Å². The molecule has 0 amide bonds. The molecule has 0 aliphatic carbocycles. The molecule has 1 aromatic heterocycles. The van der Waals surface area contributed by atoms with E-state index in [0.717, 1.165) is 11.6 Å². The molecule has 0 saturated heterocycles. The van der Waals surface area contributed by atoms with E-state index in [9.17, 15) is 4.79 Å². The van der Waals surface area contributed by atoms with Gasteiger partial charge < -0.3 is 19.3 Å². The highest BCUT2D eigenvalue weighted by Crippen LogP contribution is 2.20. The normalized spacial score (nSPS) is 10.4. The number of rotatable bonds is 4. The van der Waals surface area contributed by atoms with Gasteiger partial charge in [-0.3, -0.25) is 0 Å². The quantitative estimate of drug-likeness (QED) is 0.496. The first-order chi connectivity index (χ1) is 8.24. The van der Waals surface area contributed by atoms with Crippen LogP contribution < -0.4 is 10.4 Å². The van der Waals surface area contributed by atoms with Gasteiger partial charge in [0.15, 0.2) is 6.79 Å². The van der Waals surface area contributed by atoms with Crippen LogP contribution in [0.25, 0.3) is 11.0 Å². The van der Waals surface area contributed by atoms with Crippen LogP contribution in [0.1, 0.15) is 5.56 Å². The zero-order chi connectivity index (χ0) is 12.3. The third-order valence-electron chi connectivity index (χ3n) is 2.23. The van der Waals surface area contributed by atoms with E-state index >= 15 is 0 Å². The summed E-state index contributed by atoms with van der Waals surface area (Å²) < 4.78 is 15.1. The van der Waals surface area contributed by atoms with Crippen LogP contribution in [0.4, 0.5) is 0 Å². The number of hydrogen-bond acceptors (Lipinski definition) is 5. The molecule has 0 unspecified atom stereocenters. The van der Waals surface area contributed by atoms with Gasteiger partial charge in [0, 0.05) is 24.8 Å². The Kier molecular flexibility index (Phi) is 3.20. The van der Waals surface area contributed by atoms with Gasteiger partial charge in [-0.05, 0) is 18.2 Å². The summed E-state index contributed by atoms with van der Waals surface area (Å²) in [5.41, 5.74) is 0.119. The lowest BCUT2D eigenvalue weighted by Gasteiger charge is -2.05. The van der Waals surface area contributed by atoms with Crippen LogP contribution in [0.15, 0.2) is 33.5 Å². The molecule has 1 N–H and O–H groups in total. The Morgan fingerprint density at radius 3 is 2.94 bits per heavy atom. The molecule has 0 radical (unpaired) electrons. The van der Waals surface area contributed by atoms with E-state index in [1.165, 1.54) is 7.11 Å². The number of hydrogen-bond donors (Lipinski definition) is 1. The molecule has 88 valence electrons. The first-order valence-corrected chi connectivity index (χ1v) is 4.94. The molecule has 0 fully saturated rings. The van der Waals surface area contributed by atoms with E-state index in [1.807, 2.05) is 0 Å². The van der Waals surface area contributed by atoms with E-state index in [-0.39, 0.29) is 12.4 Å². The maximum Gasteiger partial charge on any atom is 0.345 e. The van der Waals surface area contributed by atoms with E-state index in [2.05, 4.69) is 0 Å². The fourth-order valence-electron chi connectivity index (χ4n) is 1.42. The average molecular weight is 233 g/mol. The van der Waals surface area contributed by atoms with Crippen LogP contribution in [-0.4, -0.2) is 20.1 Å². The fraction of sp³-hybridized carbons (Fsp3) is 0.167. The van der Waals surface area contributed by atoms with E-state index < -0.39 is 5.63 Å². The highest BCUT2D eigenvalue weighted by atomic mass is 16.7. The summed E-state index contributed by atoms with van der Waals surface area (Å²) >= 11 is 0. The Hall–Kier alpha value is -2.14. The van der Waals surface area contributed by atoms with Crippen molar-refractivity contribution in [3.8, 4) is 5.75 Å². The van der Waals surface area contributed by atoms with Crippen molar-refractivity contribution in [1.82, 2.24) is 0 Å². The Balaban J connectivity index is 2.47. The summed E-state index contributed by atoms with van der Waals surface area (Å²) in [5.74, 6) is 0.560. The van der Waals surface area contributed by atoms with Crippen molar-refractivity contribution in [3.05, 3.63) is 40.2 Å². The minimum Gasteiger partial charge on any atom is -0.467 e. The number of methoxy groups -OCH3 is 1. The van der Waals surface area contributed by atoms with Gasteiger partial charge in [-0.25, -0.2) is 4.79 Å². The molecule has 0 spiro atoms. The van der Waals surface area contributed by atoms with Crippen molar-refractivity contribution in [1.29, 1.82) is 5.41 Å². The SMILES string of the molecule is COCOc1ccc2cc(C=N)c(=O)oc2c1. The first-order valence-electron chi connectivity index (χ1n) is 4.94. The predicted octanol–water partition coefficient (Wildman–Crippen LogP) is 1.77. The molecule has 5 nitrogen and oxygen atoms in total. The second kappa shape index (κ2) is 4.80. The summed E-state index contributed by atoms with van der Waals surface area (Å²) in [7, 11) is 1.53. The largest absolute Gasteiger partial charge is 0.467 e. The highest BCUT2D eigenvalue weighted by molar-refractivity contribution is 5.85. The molecule has 2 aromatic rings. The van der Waals surface area contributed by atoms with E-state index in [4.69, 9.17) is 19.3 Å². The van der Waals surface area contributed by atoms with Crippen molar-refractivity contribution in [3.63, 3.8) is 0 Å². The average Bonchev–Trinajstić information content (AvgIpc) is 2.35. The number of fused-ring (bicyclic) bond motifs is 1. The Morgan fingerprint density at radius 2 is 2.24 bits per heavy atom. The molecule has 0 aliphatic rings. The van der Waals surface area contributed by atoms with Crippen molar-refractivity contribution >= 4 is 17.2 Å².